The van der Waals surface area contributed by atoms with Crippen molar-refractivity contribution >= 4 is 6.08 Å². The summed E-state index contributed by atoms with van der Waals surface area (Å²) >= 11 is 0. The summed E-state index contributed by atoms with van der Waals surface area (Å²) in [6.45, 7) is 16.7. The molecular weight excluding hydrogens is 515 g/mol. The molecule has 0 amide bonds. The normalized spacial score (nSPS) is 25.0. The van der Waals surface area contributed by atoms with Crippen LogP contribution in [0.15, 0.2) is 40.0 Å². The first kappa shape index (κ1) is 23.0. The van der Waals surface area contributed by atoms with E-state index in [0.29, 0.717) is 0 Å². The predicted molar refractivity (Wildman–Crippen MR) is 123 cm³/mol. The Hall–Kier alpha value is -0.690. The molecular formula is C28H38Hf. The number of hydrogen-bond donors (Lipinski definition) is 0. The number of allylic oxidation sites excluding steroid dienone is 5. The van der Waals surface area contributed by atoms with Crippen LogP contribution in [0.1, 0.15) is 103 Å². The molecule has 0 N–H and O–H groups in total. The Morgan fingerprint density at radius 3 is 1.97 bits per heavy atom. The van der Waals surface area contributed by atoms with Crippen molar-refractivity contribution in [3.05, 3.63) is 62.3 Å². The Morgan fingerprint density at radius 2 is 1.41 bits per heavy atom. The van der Waals surface area contributed by atoms with Crippen LogP contribution in [0, 0.1) is 5.41 Å². The van der Waals surface area contributed by atoms with Gasteiger partial charge in [0.1, 0.15) is 0 Å². The molecule has 1 heteroatoms. The summed E-state index contributed by atoms with van der Waals surface area (Å²) in [4.78, 5) is 0. The second kappa shape index (κ2) is 8.10. The van der Waals surface area contributed by atoms with Gasteiger partial charge in [0.05, 0.1) is 0 Å². The number of benzene rings is 1. The van der Waals surface area contributed by atoms with Gasteiger partial charge in [-0.25, -0.2) is 0 Å². The molecule has 1 aromatic carbocycles. The van der Waals surface area contributed by atoms with E-state index in [0.717, 1.165) is 0 Å². The maximum atomic E-state index is 2.63. The van der Waals surface area contributed by atoms with E-state index in [1.807, 2.05) is 0 Å². The van der Waals surface area contributed by atoms with Gasteiger partial charge in [0.2, 0.25) is 0 Å². The second-order valence-corrected chi connectivity index (χ2v) is 10.1. The molecule has 29 heavy (non-hydrogen) atoms. The van der Waals surface area contributed by atoms with Crippen molar-refractivity contribution in [3.8, 4) is 0 Å². The average molecular weight is 553 g/mol. The molecule has 0 fully saturated rings. The van der Waals surface area contributed by atoms with E-state index in [1.165, 1.54) is 61.7 Å². The summed E-state index contributed by atoms with van der Waals surface area (Å²) < 4.78 is 0. The summed E-state index contributed by atoms with van der Waals surface area (Å²) in [5.74, 6) is 0. The fourth-order valence-electron chi connectivity index (χ4n) is 6.54. The zero-order chi connectivity index (χ0) is 20.3. The first-order valence-corrected chi connectivity index (χ1v) is 11.5. The third kappa shape index (κ3) is 3.35. The number of aryl methyl sites for hydroxylation is 2. The van der Waals surface area contributed by atoms with Crippen molar-refractivity contribution in [2.24, 2.45) is 5.41 Å². The Labute approximate surface area is 197 Å². The van der Waals surface area contributed by atoms with E-state index >= 15 is 0 Å². The van der Waals surface area contributed by atoms with Gasteiger partial charge in [0.15, 0.2) is 0 Å². The molecule has 1 atom stereocenters. The van der Waals surface area contributed by atoms with E-state index < -0.39 is 0 Å². The van der Waals surface area contributed by atoms with Gasteiger partial charge in [-0.05, 0) is 107 Å². The molecule has 0 radical (unpaired) electrons. The van der Waals surface area contributed by atoms with Gasteiger partial charge in [-0.1, -0.05) is 55.2 Å². The molecule has 0 saturated heterocycles. The van der Waals surface area contributed by atoms with Crippen LogP contribution < -0.4 is 0 Å². The molecule has 0 saturated carbocycles. The molecule has 0 nitrogen and oxygen atoms in total. The van der Waals surface area contributed by atoms with Gasteiger partial charge < -0.3 is 0 Å². The number of hydrogen-bond acceptors (Lipinski definition) is 0. The Bertz CT molecular complexity index is 900. The van der Waals surface area contributed by atoms with Gasteiger partial charge >= 0.3 is 0 Å². The van der Waals surface area contributed by atoms with Crippen LogP contribution in [0.5, 0.6) is 0 Å². The first-order chi connectivity index (χ1) is 13.2. The van der Waals surface area contributed by atoms with Crippen molar-refractivity contribution in [1.82, 2.24) is 0 Å². The molecule has 3 aliphatic rings. The van der Waals surface area contributed by atoms with E-state index in [1.54, 1.807) is 33.4 Å². The summed E-state index contributed by atoms with van der Waals surface area (Å²) in [6.07, 6.45) is 11.5. The van der Waals surface area contributed by atoms with Crippen LogP contribution in [0.2, 0.25) is 0 Å². The minimum absolute atomic E-state index is 0. The summed E-state index contributed by atoms with van der Waals surface area (Å²) in [5.41, 5.74) is 14.6. The zero-order valence-corrected chi connectivity index (χ0v) is 23.3. The van der Waals surface area contributed by atoms with Crippen LogP contribution in [-0.2, 0) is 44.1 Å². The van der Waals surface area contributed by atoms with Crippen LogP contribution in [0.25, 0.3) is 6.08 Å². The van der Waals surface area contributed by atoms with Crippen molar-refractivity contribution in [3.63, 3.8) is 0 Å². The maximum absolute atomic E-state index is 2.63. The smallest absolute Gasteiger partial charge is 0.0179 e. The quantitative estimate of drug-likeness (QED) is 0.331. The molecule has 0 heterocycles. The first-order valence-electron chi connectivity index (χ1n) is 11.5. The van der Waals surface area contributed by atoms with E-state index in [2.05, 4.69) is 66.7 Å². The Morgan fingerprint density at radius 1 is 0.862 bits per heavy atom. The molecule has 4 rings (SSSR count). The standard InChI is InChI=1S/C28H38.Hf/c1-8-13-28(17-27(7)21(5)19(3)20(4)22(27)6)18(2)14-25-15-23-11-9-10-12-24(23)16-26(25)28;/h14-16H,8-13,17H2,1-7H3;. The molecule has 154 valence electrons. The predicted octanol–water partition coefficient (Wildman–Crippen LogP) is 8.10. The third-order valence-corrected chi connectivity index (χ3v) is 8.83. The topological polar surface area (TPSA) is 0 Å². The van der Waals surface area contributed by atoms with Gasteiger partial charge in [-0.3, -0.25) is 0 Å². The molecule has 1 unspecified atom stereocenters. The van der Waals surface area contributed by atoms with Crippen molar-refractivity contribution < 1.29 is 25.8 Å². The summed E-state index contributed by atoms with van der Waals surface area (Å²) in [5, 5.41) is 0. The summed E-state index contributed by atoms with van der Waals surface area (Å²) in [6, 6.07) is 5.17. The summed E-state index contributed by atoms with van der Waals surface area (Å²) in [7, 11) is 0. The minimum atomic E-state index is 0. The zero-order valence-electron chi connectivity index (χ0n) is 19.7. The SMILES string of the molecule is CCCC1(CC2(C)C(C)=C(C)C(C)=C2C)C(C)=Cc2cc3c(cc21)CCCC3.[Hf]. The molecule has 1 aromatic rings. The van der Waals surface area contributed by atoms with E-state index in [4.69, 9.17) is 0 Å². The number of fused-ring (bicyclic) bond motifs is 2. The minimum Gasteiger partial charge on any atom is -0.0653 e. The molecule has 0 aromatic heterocycles. The van der Waals surface area contributed by atoms with Gasteiger partial charge in [-0.15, -0.1) is 0 Å². The van der Waals surface area contributed by atoms with Crippen LogP contribution in [0.3, 0.4) is 0 Å². The molecule has 0 spiro atoms. The number of rotatable bonds is 4. The fourth-order valence-corrected chi connectivity index (χ4v) is 6.54. The van der Waals surface area contributed by atoms with Gasteiger partial charge in [0, 0.05) is 36.7 Å². The van der Waals surface area contributed by atoms with E-state index in [-0.39, 0.29) is 36.7 Å². The van der Waals surface area contributed by atoms with Crippen LogP contribution in [-0.4, -0.2) is 0 Å². The Balaban J connectivity index is 0.00000240. The van der Waals surface area contributed by atoms with Gasteiger partial charge in [0.25, 0.3) is 0 Å². The largest absolute Gasteiger partial charge is 0.0653 e. The third-order valence-electron chi connectivity index (χ3n) is 8.83. The van der Waals surface area contributed by atoms with E-state index in [9.17, 15) is 0 Å². The molecule has 3 aliphatic carbocycles. The molecule has 0 aliphatic heterocycles. The monoisotopic (exact) mass is 554 g/mol. The van der Waals surface area contributed by atoms with Crippen LogP contribution >= 0.6 is 0 Å². The molecule has 0 bridgehead atoms. The van der Waals surface area contributed by atoms with Crippen molar-refractivity contribution in [2.45, 2.75) is 98.8 Å². The second-order valence-electron chi connectivity index (χ2n) is 10.1. The average Bonchev–Trinajstić information content (AvgIpc) is 3.01. The van der Waals surface area contributed by atoms with Crippen molar-refractivity contribution in [2.75, 3.05) is 0 Å². The van der Waals surface area contributed by atoms with Crippen molar-refractivity contribution in [1.29, 1.82) is 0 Å². The Kier molecular flexibility index (Phi) is 6.42. The van der Waals surface area contributed by atoms with Crippen LogP contribution in [0.4, 0.5) is 0 Å². The van der Waals surface area contributed by atoms with Gasteiger partial charge in [-0.2, -0.15) is 0 Å². The fraction of sp³-hybridized carbons (Fsp3) is 0.571. The maximum Gasteiger partial charge on any atom is 0.0179 e.